The maximum Gasteiger partial charge on any atom is 0.167 e. The van der Waals surface area contributed by atoms with E-state index in [1.54, 1.807) is 0 Å². The van der Waals surface area contributed by atoms with E-state index in [-0.39, 0.29) is 5.82 Å². The fourth-order valence-electron chi connectivity index (χ4n) is 2.31. The van der Waals surface area contributed by atoms with Crippen molar-refractivity contribution in [2.45, 2.75) is 38.1 Å². The molecule has 2 rings (SSSR count). The van der Waals surface area contributed by atoms with Crippen LogP contribution in [0, 0.1) is 5.82 Å². The third-order valence-corrected chi connectivity index (χ3v) is 3.45. The first kappa shape index (κ1) is 11.6. The molecule has 0 saturated heterocycles. The number of rotatable bonds is 2. The summed E-state index contributed by atoms with van der Waals surface area (Å²) >= 11 is 5.69. The predicted molar refractivity (Wildman–Crippen MR) is 64.5 cm³/mol. The number of nitrogens with zero attached hydrogens (tertiary/aromatic N) is 2. The molecule has 0 N–H and O–H groups in total. The maximum atomic E-state index is 13.7. The molecule has 0 amide bonds. The molecule has 1 heterocycles. The van der Waals surface area contributed by atoms with Crippen LogP contribution in [0.15, 0.2) is 12.3 Å². The summed E-state index contributed by atoms with van der Waals surface area (Å²) in [7, 11) is 1.91. The lowest BCUT2D eigenvalue weighted by atomic mass is 9.94. The Bertz CT molecular complexity index is 364. The van der Waals surface area contributed by atoms with E-state index >= 15 is 0 Å². The molecule has 4 heteroatoms. The van der Waals surface area contributed by atoms with Crippen LogP contribution >= 0.6 is 11.6 Å². The summed E-state index contributed by atoms with van der Waals surface area (Å²) in [5, 5.41) is 0.346. The maximum absolute atomic E-state index is 13.7. The van der Waals surface area contributed by atoms with Crippen molar-refractivity contribution in [1.82, 2.24) is 4.98 Å². The van der Waals surface area contributed by atoms with Gasteiger partial charge in [-0.2, -0.15) is 0 Å². The van der Waals surface area contributed by atoms with Crippen molar-refractivity contribution >= 4 is 17.4 Å². The van der Waals surface area contributed by atoms with Gasteiger partial charge in [0.05, 0.1) is 5.02 Å². The number of halogens is 2. The van der Waals surface area contributed by atoms with Crippen molar-refractivity contribution < 1.29 is 4.39 Å². The standard InChI is InChI=1S/C12H16ClFN2/c1-16(10-5-3-2-4-6-10)12-11(14)7-9(13)8-15-12/h7-8,10H,2-6H2,1H3. The van der Waals surface area contributed by atoms with E-state index < -0.39 is 0 Å². The molecule has 1 aromatic heterocycles. The smallest absolute Gasteiger partial charge is 0.167 e. The second-order valence-electron chi connectivity index (χ2n) is 4.36. The van der Waals surface area contributed by atoms with E-state index in [0.29, 0.717) is 16.9 Å². The zero-order chi connectivity index (χ0) is 11.5. The molecule has 0 spiro atoms. The van der Waals surface area contributed by atoms with Crippen LogP contribution in [0.3, 0.4) is 0 Å². The third kappa shape index (κ3) is 2.46. The Balaban J connectivity index is 2.15. The molecule has 0 bridgehead atoms. The van der Waals surface area contributed by atoms with Gasteiger partial charge in [-0.25, -0.2) is 9.37 Å². The van der Waals surface area contributed by atoms with Crippen LogP contribution in [0.1, 0.15) is 32.1 Å². The highest BCUT2D eigenvalue weighted by molar-refractivity contribution is 6.30. The molecule has 1 saturated carbocycles. The van der Waals surface area contributed by atoms with Crippen LogP contribution in [0.2, 0.25) is 5.02 Å². The van der Waals surface area contributed by atoms with E-state index in [1.165, 1.54) is 31.5 Å². The van der Waals surface area contributed by atoms with Gasteiger partial charge >= 0.3 is 0 Å². The molecule has 0 aliphatic heterocycles. The Labute approximate surface area is 100 Å². The fourth-order valence-corrected chi connectivity index (χ4v) is 2.45. The Morgan fingerprint density at radius 1 is 1.38 bits per heavy atom. The predicted octanol–water partition coefficient (Wildman–Crippen LogP) is 3.64. The highest BCUT2D eigenvalue weighted by atomic mass is 35.5. The molecule has 0 atom stereocenters. The molecule has 0 unspecified atom stereocenters. The molecule has 88 valence electrons. The third-order valence-electron chi connectivity index (χ3n) is 3.24. The van der Waals surface area contributed by atoms with Gasteiger partial charge in [-0.05, 0) is 18.9 Å². The van der Waals surface area contributed by atoms with Crippen molar-refractivity contribution in [3.8, 4) is 0 Å². The Morgan fingerprint density at radius 2 is 2.06 bits per heavy atom. The quantitative estimate of drug-likeness (QED) is 0.787. The Kier molecular flexibility index (Phi) is 3.64. The van der Waals surface area contributed by atoms with Gasteiger partial charge in [0.1, 0.15) is 0 Å². The number of hydrogen-bond acceptors (Lipinski definition) is 2. The average molecular weight is 243 g/mol. The molecule has 16 heavy (non-hydrogen) atoms. The van der Waals surface area contributed by atoms with Gasteiger partial charge in [0, 0.05) is 19.3 Å². The molecular weight excluding hydrogens is 227 g/mol. The first-order valence-electron chi connectivity index (χ1n) is 5.72. The first-order chi connectivity index (χ1) is 7.68. The van der Waals surface area contributed by atoms with Crippen molar-refractivity contribution in [2.75, 3.05) is 11.9 Å². The van der Waals surface area contributed by atoms with E-state index in [9.17, 15) is 4.39 Å². The number of aromatic nitrogens is 1. The normalized spacial score (nSPS) is 17.4. The zero-order valence-corrected chi connectivity index (χ0v) is 10.2. The minimum absolute atomic E-state index is 0.333. The van der Waals surface area contributed by atoms with Gasteiger partial charge < -0.3 is 4.90 Å². The fraction of sp³-hybridized carbons (Fsp3) is 0.583. The molecule has 1 aromatic rings. The van der Waals surface area contributed by atoms with E-state index in [1.807, 2.05) is 11.9 Å². The SMILES string of the molecule is CN(c1ncc(Cl)cc1F)C1CCCCC1. The van der Waals surface area contributed by atoms with Crippen LogP contribution < -0.4 is 4.90 Å². The lowest BCUT2D eigenvalue weighted by Crippen LogP contribution is -2.34. The molecule has 0 aromatic carbocycles. The molecule has 1 fully saturated rings. The van der Waals surface area contributed by atoms with Crippen LogP contribution in [0.4, 0.5) is 10.2 Å². The largest absolute Gasteiger partial charge is 0.354 e. The zero-order valence-electron chi connectivity index (χ0n) is 9.42. The van der Waals surface area contributed by atoms with Crippen molar-refractivity contribution in [2.24, 2.45) is 0 Å². The molecule has 0 radical (unpaired) electrons. The summed E-state index contributed by atoms with van der Waals surface area (Å²) < 4.78 is 13.7. The topological polar surface area (TPSA) is 16.1 Å². The van der Waals surface area contributed by atoms with Crippen molar-refractivity contribution in [1.29, 1.82) is 0 Å². The molecule has 1 aliphatic carbocycles. The minimum atomic E-state index is -0.333. The summed E-state index contributed by atoms with van der Waals surface area (Å²) in [6.07, 6.45) is 7.50. The van der Waals surface area contributed by atoms with Crippen LogP contribution in [0.5, 0.6) is 0 Å². The minimum Gasteiger partial charge on any atom is -0.354 e. The summed E-state index contributed by atoms with van der Waals surface area (Å²) in [6, 6.07) is 1.74. The van der Waals surface area contributed by atoms with Gasteiger partial charge in [0.25, 0.3) is 0 Å². The van der Waals surface area contributed by atoms with Crippen LogP contribution in [0.25, 0.3) is 0 Å². The monoisotopic (exact) mass is 242 g/mol. The average Bonchev–Trinajstić information content (AvgIpc) is 2.29. The molecular formula is C12H16ClFN2. The Morgan fingerprint density at radius 3 is 2.69 bits per heavy atom. The first-order valence-corrected chi connectivity index (χ1v) is 6.10. The van der Waals surface area contributed by atoms with Crippen LogP contribution in [-0.2, 0) is 0 Å². The van der Waals surface area contributed by atoms with Crippen molar-refractivity contribution in [3.05, 3.63) is 23.1 Å². The Hall–Kier alpha value is -0.830. The highest BCUT2D eigenvalue weighted by Gasteiger charge is 2.21. The van der Waals surface area contributed by atoms with Gasteiger partial charge in [0.15, 0.2) is 11.6 Å². The lowest BCUT2D eigenvalue weighted by molar-refractivity contribution is 0.422. The van der Waals surface area contributed by atoms with Gasteiger partial charge in [-0.3, -0.25) is 0 Å². The van der Waals surface area contributed by atoms with E-state index in [2.05, 4.69) is 4.98 Å². The van der Waals surface area contributed by atoms with Gasteiger partial charge in [0.2, 0.25) is 0 Å². The van der Waals surface area contributed by atoms with Crippen LogP contribution in [-0.4, -0.2) is 18.1 Å². The highest BCUT2D eigenvalue weighted by Crippen LogP contribution is 2.27. The summed E-state index contributed by atoms with van der Waals surface area (Å²) in [6.45, 7) is 0. The number of anilines is 1. The second-order valence-corrected chi connectivity index (χ2v) is 4.80. The summed E-state index contributed by atoms with van der Waals surface area (Å²) in [4.78, 5) is 6.02. The molecule has 1 aliphatic rings. The van der Waals surface area contributed by atoms with Gasteiger partial charge in [-0.1, -0.05) is 30.9 Å². The lowest BCUT2D eigenvalue weighted by Gasteiger charge is -2.32. The van der Waals surface area contributed by atoms with E-state index in [4.69, 9.17) is 11.6 Å². The van der Waals surface area contributed by atoms with E-state index in [0.717, 1.165) is 12.8 Å². The second kappa shape index (κ2) is 5.00. The van der Waals surface area contributed by atoms with Crippen molar-refractivity contribution in [3.63, 3.8) is 0 Å². The number of hydrogen-bond donors (Lipinski definition) is 0. The summed E-state index contributed by atoms with van der Waals surface area (Å²) in [5.74, 6) is 0.0804. The summed E-state index contributed by atoms with van der Waals surface area (Å²) in [5.41, 5.74) is 0. The van der Waals surface area contributed by atoms with Gasteiger partial charge in [-0.15, -0.1) is 0 Å². The number of pyridine rings is 1. The molecule has 2 nitrogen and oxygen atoms in total.